The third kappa shape index (κ3) is 4.42. The molecule has 154 valence electrons. The minimum absolute atomic E-state index is 0.0445. The van der Waals surface area contributed by atoms with Crippen molar-refractivity contribution in [2.75, 3.05) is 32.8 Å². The van der Waals surface area contributed by atoms with E-state index in [4.69, 9.17) is 9.47 Å². The Labute approximate surface area is 168 Å². The monoisotopic (exact) mass is 420 g/mol. The summed E-state index contributed by atoms with van der Waals surface area (Å²) in [6, 6.07) is 13.8. The Morgan fingerprint density at radius 3 is 2.24 bits per heavy atom. The number of amides is 1. The molecule has 0 N–H and O–H groups in total. The van der Waals surface area contributed by atoms with Crippen LogP contribution < -0.4 is 4.74 Å². The number of sulfonamides is 1. The first-order valence-electron chi connectivity index (χ1n) is 9.28. The fraction of sp³-hybridized carbons (Fsp3) is 0.350. The summed E-state index contributed by atoms with van der Waals surface area (Å²) in [6.45, 7) is 0.784. The van der Waals surface area contributed by atoms with Gasteiger partial charge in [-0.15, -0.1) is 0 Å². The van der Waals surface area contributed by atoms with Gasteiger partial charge >= 0.3 is 0 Å². The first kappa shape index (κ1) is 19.8. The Hall–Kier alpha value is -2.49. The smallest absolute Gasteiger partial charge is 0.260 e. The second kappa shape index (κ2) is 8.10. The van der Waals surface area contributed by atoms with Gasteiger partial charge in [0.15, 0.2) is 6.61 Å². The first-order valence-corrected chi connectivity index (χ1v) is 10.7. The fourth-order valence-electron chi connectivity index (χ4n) is 3.56. The van der Waals surface area contributed by atoms with Crippen LogP contribution >= 0.6 is 0 Å². The highest BCUT2D eigenvalue weighted by Gasteiger charge is 2.41. The van der Waals surface area contributed by atoms with Crippen LogP contribution in [-0.2, 0) is 19.6 Å². The summed E-state index contributed by atoms with van der Waals surface area (Å²) in [4.78, 5) is 14.2. The summed E-state index contributed by atoms with van der Waals surface area (Å²) in [5.41, 5.74) is 0. The molecule has 2 fully saturated rings. The zero-order valence-corrected chi connectivity index (χ0v) is 16.4. The van der Waals surface area contributed by atoms with Crippen LogP contribution in [0.25, 0.3) is 0 Å². The number of hydrogen-bond donors (Lipinski definition) is 0. The molecule has 2 atom stereocenters. The predicted octanol–water partition coefficient (Wildman–Crippen LogP) is 1.51. The van der Waals surface area contributed by atoms with E-state index in [1.807, 2.05) is 18.2 Å². The minimum atomic E-state index is -3.75. The number of hydrogen-bond acceptors (Lipinski definition) is 5. The van der Waals surface area contributed by atoms with Gasteiger partial charge in [-0.2, -0.15) is 4.31 Å². The van der Waals surface area contributed by atoms with Crippen molar-refractivity contribution in [3.8, 4) is 5.75 Å². The molecule has 0 saturated carbocycles. The fourth-order valence-corrected chi connectivity index (χ4v) is 5.07. The molecule has 2 saturated heterocycles. The third-order valence-corrected chi connectivity index (χ3v) is 6.80. The largest absolute Gasteiger partial charge is 0.484 e. The second-order valence-corrected chi connectivity index (χ2v) is 8.99. The van der Waals surface area contributed by atoms with Crippen molar-refractivity contribution in [3.05, 3.63) is 60.4 Å². The second-order valence-electron chi connectivity index (χ2n) is 7.06. The number of fused-ring (bicyclic) bond motifs is 2. The van der Waals surface area contributed by atoms with Gasteiger partial charge in [0.2, 0.25) is 10.0 Å². The summed E-state index contributed by atoms with van der Waals surface area (Å²) in [5.74, 6) is -0.0393. The van der Waals surface area contributed by atoms with Crippen LogP contribution in [0.4, 0.5) is 4.39 Å². The maximum Gasteiger partial charge on any atom is 0.260 e. The topological polar surface area (TPSA) is 76.2 Å². The van der Waals surface area contributed by atoms with Gasteiger partial charge in [0.1, 0.15) is 11.6 Å². The van der Waals surface area contributed by atoms with Crippen molar-refractivity contribution in [1.82, 2.24) is 9.21 Å². The average molecular weight is 420 g/mol. The van der Waals surface area contributed by atoms with Crippen molar-refractivity contribution in [2.24, 2.45) is 0 Å². The molecule has 2 aliphatic rings. The van der Waals surface area contributed by atoms with E-state index in [-0.39, 0.29) is 30.5 Å². The highest BCUT2D eigenvalue weighted by molar-refractivity contribution is 7.89. The molecule has 2 aliphatic heterocycles. The maximum atomic E-state index is 13.1. The number of carbonyl (C=O) groups is 1. The van der Waals surface area contributed by atoms with E-state index in [1.165, 1.54) is 16.4 Å². The Morgan fingerprint density at radius 2 is 1.62 bits per heavy atom. The van der Waals surface area contributed by atoms with Crippen molar-refractivity contribution in [1.29, 1.82) is 0 Å². The van der Waals surface area contributed by atoms with E-state index in [9.17, 15) is 17.6 Å². The molecule has 2 bridgehead atoms. The van der Waals surface area contributed by atoms with Crippen LogP contribution in [0.2, 0.25) is 0 Å². The average Bonchev–Trinajstić information content (AvgIpc) is 2.72. The Morgan fingerprint density at radius 1 is 1.00 bits per heavy atom. The maximum absolute atomic E-state index is 13.1. The van der Waals surface area contributed by atoms with E-state index < -0.39 is 28.0 Å². The van der Waals surface area contributed by atoms with Crippen molar-refractivity contribution in [2.45, 2.75) is 17.1 Å². The van der Waals surface area contributed by atoms with Gasteiger partial charge in [-0.3, -0.25) is 4.79 Å². The molecule has 2 aromatic carbocycles. The molecular formula is C20H21FN2O5S. The van der Waals surface area contributed by atoms with Crippen LogP contribution in [0.1, 0.15) is 0 Å². The SMILES string of the molecule is O=C(COc1ccccc1)N1C[C@@H]2CN(S(=O)(=O)c3ccc(F)cc3)C[C@H](C1)O2. The van der Waals surface area contributed by atoms with E-state index in [0.29, 0.717) is 18.8 Å². The number of para-hydroxylation sites is 1. The molecule has 2 heterocycles. The van der Waals surface area contributed by atoms with Gasteiger partial charge in [0.05, 0.1) is 17.1 Å². The highest BCUT2D eigenvalue weighted by atomic mass is 32.2. The number of ether oxygens (including phenoxy) is 2. The summed E-state index contributed by atoms with van der Waals surface area (Å²) < 4.78 is 51.5. The number of morpholine rings is 2. The number of nitrogens with zero attached hydrogens (tertiary/aromatic N) is 2. The van der Waals surface area contributed by atoms with Crippen LogP contribution in [0.5, 0.6) is 5.75 Å². The van der Waals surface area contributed by atoms with Gasteiger partial charge in [0.25, 0.3) is 5.91 Å². The molecule has 9 heteroatoms. The minimum Gasteiger partial charge on any atom is -0.484 e. The summed E-state index contributed by atoms with van der Waals surface area (Å²) >= 11 is 0. The third-order valence-electron chi connectivity index (χ3n) is 4.96. The van der Waals surface area contributed by atoms with Crippen LogP contribution in [-0.4, -0.2) is 68.5 Å². The number of benzene rings is 2. The molecule has 0 unspecified atom stereocenters. The zero-order valence-electron chi connectivity index (χ0n) is 15.6. The molecule has 1 amide bonds. The van der Waals surface area contributed by atoms with E-state index >= 15 is 0 Å². The van der Waals surface area contributed by atoms with Gasteiger partial charge in [-0.25, -0.2) is 12.8 Å². The number of halogens is 1. The van der Waals surface area contributed by atoms with Gasteiger partial charge in [0, 0.05) is 26.2 Å². The summed E-state index contributed by atoms with van der Waals surface area (Å²) in [6.07, 6.45) is -0.836. The molecule has 4 rings (SSSR count). The van der Waals surface area contributed by atoms with Crippen molar-refractivity contribution in [3.63, 3.8) is 0 Å². The van der Waals surface area contributed by atoms with Gasteiger partial charge in [-0.05, 0) is 36.4 Å². The molecule has 0 radical (unpaired) electrons. The quantitative estimate of drug-likeness (QED) is 0.733. The standard InChI is InChI=1S/C20H21FN2O5S/c21-15-6-8-19(9-7-15)29(25,26)23-12-17-10-22(11-18(13-23)28-17)20(24)14-27-16-4-2-1-3-5-16/h1-9,17-18H,10-14H2/t17-,18+. The molecule has 0 aliphatic carbocycles. The lowest BCUT2D eigenvalue weighted by atomic mass is 10.1. The molecule has 7 nitrogen and oxygen atoms in total. The van der Waals surface area contributed by atoms with Crippen LogP contribution in [0, 0.1) is 5.82 Å². The number of rotatable bonds is 5. The molecule has 0 spiro atoms. The van der Waals surface area contributed by atoms with E-state index in [2.05, 4.69) is 0 Å². The Kier molecular flexibility index (Phi) is 5.53. The molecule has 0 aromatic heterocycles. The Balaban J connectivity index is 1.38. The molecule has 29 heavy (non-hydrogen) atoms. The zero-order chi connectivity index (χ0) is 20.4. The predicted molar refractivity (Wildman–Crippen MR) is 102 cm³/mol. The first-order chi connectivity index (χ1) is 13.9. The van der Waals surface area contributed by atoms with Crippen molar-refractivity contribution >= 4 is 15.9 Å². The van der Waals surface area contributed by atoms with Crippen LogP contribution in [0.3, 0.4) is 0 Å². The van der Waals surface area contributed by atoms with Crippen LogP contribution in [0.15, 0.2) is 59.5 Å². The van der Waals surface area contributed by atoms with Gasteiger partial charge < -0.3 is 14.4 Å². The normalized spacial score (nSPS) is 22.3. The van der Waals surface area contributed by atoms with E-state index in [1.54, 1.807) is 17.0 Å². The van der Waals surface area contributed by atoms with E-state index in [0.717, 1.165) is 12.1 Å². The lowest BCUT2D eigenvalue weighted by Crippen LogP contribution is -2.61. The summed E-state index contributed by atoms with van der Waals surface area (Å²) in [5, 5.41) is 0. The lowest BCUT2D eigenvalue weighted by molar-refractivity contribution is -0.156. The number of carbonyl (C=O) groups excluding carboxylic acids is 1. The Bertz CT molecular complexity index is 954. The lowest BCUT2D eigenvalue weighted by Gasteiger charge is -2.45. The summed E-state index contributed by atoms with van der Waals surface area (Å²) in [7, 11) is -3.75. The van der Waals surface area contributed by atoms with Gasteiger partial charge in [-0.1, -0.05) is 18.2 Å². The molecular weight excluding hydrogens is 399 g/mol. The highest BCUT2D eigenvalue weighted by Crippen LogP contribution is 2.25. The van der Waals surface area contributed by atoms with Crippen molar-refractivity contribution < 1.29 is 27.1 Å². The molecule has 2 aromatic rings.